The summed E-state index contributed by atoms with van der Waals surface area (Å²) in [4.78, 5) is 14.7. The molecule has 0 fully saturated rings. The third kappa shape index (κ3) is 2.87. The maximum atomic E-state index is 10.5. The average molecular weight is 266 g/mol. The van der Waals surface area contributed by atoms with Gasteiger partial charge in [-0.1, -0.05) is 17.7 Å². The molecule has 0 bridgehead atoms. The van der Waals surface area contributed by atoms with E-state index < -0.39 is 5.97 Å². The monoisotopic (exact) mass is 265 g/mol. The molecular weight excluding hydrogens is 254 g/mol. The Morgan fingerprint density at radius 3 is 2.94 bits per heavy atom. The van der Waals surface area contributed by atoms with Crippen LogP contribution in [0, 0.1) is 6.92 Å². The van der Waals surface area contributed by atoms with Gasteiger partial charge in [-0.15, -0.1) is 0 Å². The first-order chi connectivity index (χ1) is 8.56. The molecule has 0 amide bonds. The van der Waals surface area contributed by atoms with Gasteiger partial charge in [0.2, 0.25) is 0 Å². The molecule has 0 saturated carbocycles. The van der Waals surface area contributed by atoms with Crippen molar-refractivity contribution in [2.24, 2.45) is 0 Å². The first kappa shape index (κ1) is 12.6. The fourth-order valence-electron chi connectivity index (χ4n) is 1.62. The van der Waals surface area contributed by atoms with E-state index in [1.165, 1.54) is 0 Å². The highest BCUT2D eigenvalue weighted by atomic mass is 35.5. The third-order valence-electron chi connectivity index (χ3n) is 2.43. The van der Waals surface area contributed by atoms with E-state index in [2.05, 4.69) is 10.1 Å². The SMILES string of the molecule is Cc1nc(CCC(=O)O)nn1-c1cccc(Cl)c1. The van der Waals surface area contributed by atoms with Crippen LogP contribution in [0.1, 0.15) is 18.1 Å². The number of rotatable bonds is 4. The van der Waals surface area contributed by atoms with Crippen molar-refractivity contribution in [3.05, 3.63) is 40.9 Å². The van der Waals surface area contributed by atoms with Gasteiger partial charge in [0.1, 0.15) is 5.82 Å². The van der Waals surface area contributed by atoms with E-state index in [0.717, 1.165) is 5.69 Å². The molecule has 18 heavy (non-hydrogen) atoms. The van der Waals surface area contributed by atoms with Crippen LogP contribution in [0.2, 0.25) is 5.02 Å². The summed E-state index contributed by atoms with van der Waals surface area (Å²) >= 11 is 5.92. The van der Waals surface area contributed by atoms with Crippen molar-refractivity contribution >= 4 is 17.6 Å². The third-order valence-corrected chi connectivity index (χ3v) is 2.66. The molecule has 1 heterocycles. The van der Waals surface area contributed by atoms with Gasteiger partial charge in [-0.25, -0.2) is 9.67 Å². The zero-order chi connectivity index (χ0) is 13.1. The Morgan fingerprint density at radius 1 is 1.50 bits per heavy atom. The minimum Gasteiger partial charge on any atom is -0.481 e. The Morgan fingerprint density at radius 2 is 2.28 bits per heavy atom. The second-order valence-corrected chi connectivity index (χ2v) is 4.30. The van der Waals surface area contributed by atoms with Gasteiger partial charge in [-0.2, -0.15) is 5.10 Å². The topological polar surface area (TPSA) is 68.0 Å². The summed E-state index contributed by atoms with van der Waals surface area (Å²) in [6.07, 6.45) is 0.350. The molecule has 0 spiro atoms. The van der Waals surface area contributed by atoms with Crippen molar-refractivity contribution in [1.29, 1.82) is 0 Å². The van der Waals surface area contributed by atoms with Crippen molar-refractivity contribution in [2.75, 3.05) is 0 Å². The summed E-state index contributed by atoms with van der Waals surface area (Å²) < 4.78 is 1.66. The standard InChI is InChI=1S/C12H12ClN3O2/c1-8-14-11(5-6-12(17)18)15-16(8)10-4-2-3-9(13)7-10/h2-4,7H,5-6H2,1H3,(H,17,18). The molecule has 94 valence electrons. The zero-order valence-electron chi connectivity index (χ0n) is 9.80. The van der Waals surface area contributed by atoms with E-state index in [9.17, 15) is 4.79 Å². The molecule has 0 atom stereocenters. The molecule has 2 rings (SSSR count). The number of halogens is 1. The highest BCUT2D eigenvalue weighted by Crippen LogP contribution is 2.15. The number of aromatic nitrogens is 3. The molecule has 2 aromatic rings. The Kier molecular flexibility index (Phi) is 3.62. The van der Waals surface area contributed by atoms with Crippen LogP contribution in [0.3, 0.4) is 0 Å². The smallest absolute Gasteiger partial charge is 0.303 e. The minimum absolute atomic E-state index is 0.0268. The summed E-state index contributed by atoms with van der Waals surface area (Å²) in [5.74, 6) is 0.374. The average Bonchev–Trinajstić information content (AvgIpc) is 2.68. The normalized spacial score (nSPS) is 10.6. The van der Waals surface area contributed by atoms with E-state index in [1.54, 1.807) is 16.8 Å². The van der Waals surface area contributed by atoms with Crippen LogP contribution in [0.4, 0.5) is 0 Å². The summed E-state index contributed by atoms with van der Waals surface area (Å²) in [5, 5.41) is 13.5. The van der Waals surface area contributed by atoms with Gasteiger partial charge < -0.3 is 5.11 Å². The number of carboxylic acid groups (broad SMARTS) is 1. The van der Waals surface area contributed by atoms with E-state index in [0.29, 0.717) is 23.1 Å². The number of benzene rings is 1. The number of carbonyl (C=O) groups is 1. The van der Waals surface area contributed by atoms with Gasteiger partial charge in [0.15, 0.2) is 5.82 Å². The summed E-state index contributed by atoms with van der Waals surface area (Å²) in [6.45, 7) is 1.82. The maximum absolute atomic E-state index is 10.5. The van der Waals surface area contributed by atoms with Gasteiger partial charge in [0.25, 0.3) is 0 Å². The van der Waals surface area contributed by atoms with E-state index in [-0.39, 0.29) is 6.42 Å². The lowest BCUT2D eigenvalue weighted by atomic mass is 10.3. The number of carboxylic acids is 1. The van der Waals surface area contributed by atoms with Crippen molar-refractivity contribution < 1.29 is 9.90 Å². The highest BCUT2D eigenvalue weighted by molar-refractivity contribution is 6.30. The van der Waals surface area contributed by atoms with Crippen LogP contribution in [0.25, 0.3) is 5.69 Å². The first-order valence-corrected chi connectivity index (χ1v) is 5.84. The van der Waals surface area contributed by atoms with Crippen molar-refractivity contribution in [2.45, 2.75) is 19.8 Å². The van der Waals surface area contributed by atoms with E-state index in [4.69, 9.17) is 16.7 Å². The molecular formula is C12H12ClN3O2. The van der Waals surface area contributed by atoms with Gasteiger partial charge in [0, 0.05) is 11.4 Å². The summed E-state index contributed by atoms with van der Waals surface area (Å²) in [5.41, 5.74) is 0.814. The lowest BCUT2D eigenvalue weighted by Gasteiger charge is -2.02. The largest absolute Gasteiger partial charge is 0.481 e. The molecule has 0 radical (unpaired) electrons. The van der Waals surface area contributed by atoms with Gasteiger partial charge >= 0.3 is 5.97 Å². The van der Waals surface area contributed by atoms with Crippen molar-refractivity contribution in [1.82, 2.24) is 14.8 Å². The lowest BCUT2D eigenvalue weighted by Crippen LogP contribution is -2.01. The van der Waals surface area contributed by atoms with Gasteiger partial charge in [0.05, 0.1) is 12.1 Å². The maximum Gasteiger partial charge on any atom is 0.303 e. The van der Waals surface area contributed by atoms with Gasteiger partial charge in [-0.05, 0) is 25.1 Å². The molecule has 1 aromatic carbocycles. The second kappa shape index (κ2) is 5.18. The Balaban J connectivity index is 2.26. The molecule has 6 heteroatoms. The van der Waals surface area contributed by atoms with Crippen LogP contribution >= 0.6 is 11.6 Å². The van der Waals surface area contributed by atoms with Crippen LogP contribution in [0.5, 0.6) is 0 Å². The molecule has 1 aromatic heterocycles. The molecule has 1 N–H and O–H groups in total. The quantitative estimate of drug-likeness (QED) is 0.921. The molecule has 0 unspecified atom stereocenters. The lowest BCUT2D eigenvalue weighted by molar-refractivity contribution is -0.137. The molecule has 5 nitrogen and oxygen atoms in total. The van der Waals surface area contributed by atoms with Crippen molar-refractivity contribution in [3.8, 4) is 5.69 Å². The zero-order valence-corrected chi connectivity index (χ0v) is 10.6. The number of hydrogen-bond donors (Lipinski definition) is 1. The molecule has 0 aliphatic heterocycles. The Hall–Kier alpha value is -1.88. The van der Waals surface area contributed by atoms with Gasteiger partial charge in [-0.3, -0.25) is 4.79 Å². The summed E-state index contributed by atoms with van der Waals surface area (Å²) in [6, 6.07) is 7.26. The number of nitrogens with zero attached hydrogens (tertiary/aromatic N) is 3. The van der Waals surface area contributed by atoms with Crippen molar-refractivity contribution in [3.63, 3.8) is 0 Å². The Labute approximate surface area is 109 Å². The van der Waals surface area contributed by atoms with Crippen LogP contribution in [0.15, 0.2) is 24.3 Å². The molecule has 0 aliphatic rings. The van der Waals surface area contributed by atoms with Crippen LogP contribution in [-0.4, -0.2) is 25.8 Å². The fourth-order valence-corrected chi connectivity index (χ4v) is 1.81. The molecule has 0 aliphatic carbocycles. The molecule has 0 saturated heterocycles. The second-order valence-electron chi connectivity index (χ2n) is 3.86. The van der Waals surface area contributed by atoms with Crippen LogP contribution in [-0.2, 0) is 11.2 Å². The summed E-state index contributed by atoms with van der Waals surface area (Å²) in [7, 11) is 0. The first-order valence-electron chi connectivity index (χ1n) is 5.46. The highest BCUT2D eigenvalue weighted by Gasteiger charge is 2.09. The van der Waals surface area contributed by atoms with E-state index >= 15 is 0 Å². The number of aliphatic carboxylic acids is 1. The fraction of sp³-hybridized carbons (Fsp3) is 0.250. The number of aryl methyl sites for hydroxylation is 2. The Bertz CT molecular complexity index is 580. The minimum atomic E-state index is -0.855. The predicted molar refractivity (Wildman–Crippen MR) is 67.1 cm³/mol. The van der Waals surface area contributed by atoms with E-state index in [1.807, 2.05) is 19.1 Å². The number of hydrogen-bond acceptors (Lipinski definition) is 3. The van der Waals surface area contributed by atoms with Crippen LogP contribution < -0.4 is 0 Å². The predicted octanol–water partition coefficient (Wildman–Crippen LogP) is 2.25.